The maximum absolute atomic E-state index is 13.3. The molecular formula is C24H29FO4. The van der Waals surface area contributed by atoms with Crippen molar-refractivity contribution in [1.29, 1.82) is 0 Å². The van der Waals surface area contributed by atoms with Crippen molar-refractivity contribution < 1.29 is 23.5 Å². The number of ether oxygens (including phenoxy) is 2. The molecule has 2 aromatic rings. The quantitative estimate of drug-likeness (QED) is 0.237. The van der Waals surface area contributed by atoms with Gasteiger partial charge in [-0.05, 0) is 30.7 Å². The smallest absolute Gasteiger partial charge is 0.344 e. The van der Waals surface area contributed by atoms with Crippen LogP contribution in [0.25, 0.3) is 0 Å². The van der Waals surface area contributed by atoms with Gasteiger partial charge in [0.1, 0.15) is 11.6 Å². The Balaban J connectivity index is 1.81. The van der Waals surface area contributed by atoms with Crippen molar-refractivity contribution in [2.45, 2.75) is 58.3 Å². The fourth-order valence-corrected chi connectivity index (χ4v) is 3.01. The first kappa shape index (κ1) is 22.6. The van der Waals surface area contributed by atoms with E-state index in [1.165, 1.54) is 62.4 Å². The molecule has 2 rings (SSSR count). The molecule has 0 unspecified atom stereocenters. The Morgan fingerprint density at radius 1 is 0.793 bits per heavy atom. The lowest BCUT2D eigenvalue weighted by Crippen LogP contribution is -2.16. The molecule has 5 heteroatoms. The lowest BCUT2D eigenvalue weighted by Gasteiger charge is -2.10. The highest BCUT2D eigenvalue weighted by Crippen LogP contribution is 2.17. The Kier molecular flexibility index (Phi) is 9.90. The second kappa shape index (κ2) is 12.7. The van der Waals surface area contributed by atoms with Gasteiger partial charge in [0.15, 0.2) is 0 Å². The molecule has 156 valence electrons. The summed E-state index contributed by atoms with van der Waals surface area (Å²) in [6.07, 6.45) is 9.24. The molecule has 0 aromatic heterocycles. The summed E-state index contributed by atoms with van der Waals surface area (Å²) in [6.45, 7) is 2.52. The number of esters is 2. The zero-order chi connectivity index (χ0) is 20.9. The topological polar surface area (TPSA) is 52.6 Å². The third-order valence-electron chi connectivity index (χ3n) is 4.60. The third-order valence-corrected chi connectivity index (χ3v) is 4.60. The Bertz CT molecular complexity index is 788. The van der Waals surface area contributed by atoms with Gasteiger partial charge in [-0.15, -0.1) is 0 Å². The van der Waals surface area contributed by atoms with E-state index in [1.54, 1.807) is 12.1 Å². The van der Waals surface area contributed by atoms with E-state index >= 15 is 0 Å². The lowest BCUT2D eigenvalue weighted by molar-refractivity contribution is 0.0489. The first-order valence-electron chi connectivity index (χ1n) is 10.4. The van der Waals surface area contributed by atoms with E-state index in [4.69, 9.17) is 9.47 Å². The van der Waals surface area contributed by atoms with Crippen molar-refractivity contribution in [3.8, 4) is 5.75 Å². The molecule has 0 aliphatic carbocycles. The molecule has 0 spiro atoms. The van der Waals surface area contributed by atoms with Crippen LogP contribution in [-0.2, 0) is 4.74 Å². The Morgan fingerprint density at radius 2 is 1.41 bits per heavy atom. The largest absolute Gasteiger partial charge is 0.462 e. The van der Waals surface area contributed by atoms with Crippen molar-refractivity contribution in [3.05, 3.63) is 65.5 Å². The number of benzene rings is 2. The van der Waals surface area contributed by atoms with Crippen LogP contribution in [-0.4, -0.2) is 18.5 Å². The van der Waals surface area contributed by atoms with Crippen LogP contribution >= 0.6 is 0 Å². The zero-order valence-electron chi connectivity index (χ0n) is 17.0. The third kappa shape index (κ3) is 8.06. The maximum Gasteiger partial charge on any atom is 0.344 e. The highest BCUT2D eigenvalue weighted by molar-refractivity contribution is 6.03. The van der Waals surface area contributed by atoms with Crippen molar-refractivity contribution >= 4 is 11.9 Å². The average Bonchev–Trinajstić information content (AvgIpc) is 2.72. The van der Waals surface area contributed by atoms with Gasteiger partial charge in [-0.2, -0.15) is 0 Å². The molecule has 0 radical (unpaired) electrons. The predicted molar refractivity (Wildman–Crippen MR) is 111 cm³/mol. The number of hydrogen-bond acceptors (Lipinski definition) is 4. The van der Waals surface area contributed by atoms with Crippen molar-refractivity contribution in [1.82, 2.24) is 0 Å². The second-order valence-electron chi connectivity index (χ2n) is 7.00. The van der Waals surface area contributed by atoms with Crippen LogP contribution in [0.5, 0.6) is 5.75 Å². The van der Waals surface area contributed by atoms with Crippen LogP contribution < -0.4 is 4.74 Å². The van der Waals surface area contributed by atoms with E-state index in [-0.39, 0.29) is 16.9 Å². The molecular weight excluding hydrogens is 371 g/mol. The SMILES string of the molecule is CCCCCCCCCCOC(=O)c1ccccc1C(=O)Oc1cccc(F)c1. The molecule has 0 fully saturated rings. The van der Waals surface area contributed by atoms with Gasteiger partial charge in [0, 0.05) is 6.07 Å². The van der Waals surface area contributed by atoms with E-state index in [9.17, 15) is 14.0 Å². The zero-order valence-corrected chi connectivity index (χ0v) is 17.0. The van der Waals surface area contributed by atoms with Gasteiger partial charge in [-0.1, -0.05) is 70.1 Å². The minimum atomic E-state index is -0.727. The number of carbonyl (C=O) groups is 2. The normalized spacial score (nSPS) is 10.6. The molecule has 0 atom stereocenters. The van der Waals surface area contributed by atoms with Crippen molar-refractivity contribution in [3.63, 3.8) is 0 Å². The van der Waals surface area contributed by atoms with E-state index in [0.717, 1.165) is 25.3 Å². The summed E-state index contributed by atoms with van der Waals surface area (Å²) < 4.78 is 23.8. The van der Waals surface area contributed by atoms with Crippen LogP contribution in [0.2, 0.25) is 0 Å². The standard InChI is InChI=1S/C24H29FO4/c1-2-3-4-5-6-7-8-11-17-28-23(26)21-15-9-10-16-22(21)24(27)29-20-14-12-13-19(25)18-20/h9-10,12-16,18H,2-8,11,17H2,1H3. The summed E-state index contributed by atoms with van der Waals surface area (Å²) in [6, 6.07) is 11.6. The fourth-order valence-electron chi connectivity index (χ4n) is 3.01. The van der Waals surface area contributed by atoms with Gasteiger partial charge < -0.3 is 9.47 Å². The molecule has 2 aromatic carbocycles. The molecule has 29 heavy (non-hydrogen) atoms. The lowest BCUT2D eigenvalue weighted by atomic mass is 10.1. The Labute approximate surface area is 172 Å². The number of halogens is 1. The number of rotatable bonds is 12. The summed E-state index contributed by atoms with van der Waals surface area (Å²) in [5.41, 5.74) is 0.242. The summed E-state index contributed by atoms with van der Waals surface area (Å²) in [5, 5.41) is 0. The monoisotopic (exact) mass is 400 g/mol. The van der Waals surface area contributed by atoms with Crippen LogP contribution in [0.1, 0.15) is 79.0 Å². The molecule has 0 saturated carbocycles. The van der Waals surface area contributed by atoms with E-state index in [0.29, 0.717) is 6.61 Å². The fraction of sp³-hybridized carbons (Fsp3) is 0.417. The van der Waals surface area contributed by atoms with Crippen LogP contribution in [0.4, 0.5) is 4.39 Å². The van der Waals surface area contributed by atoms with Crippen LogP contribution in [0.3, 0.4) is 0 Å². The number of unbranched alkanes of at least 4 members (excludes halogenated alkanes) is 7. The summed E-state index contributed by atoms with van der Waals surface area (Å²) in [7, 11) is 0. The molecule has 0 bridgehead atoms. The summed E-state index contributed by atoms with van der Waals surface area (Å²) in [4.78, 5) is 24.8. The van der Waals surface area contributed by atoms with Crippen molar-refractivity contribution in [2.75, 3.05) is 6.61 Å². The van der Waals surface area contributed by atoms with Crippen LogP contribution in [0, 0.1) is 5.82 Å². The predicted octanol–water partition coefficient (Wildman–Crippen LogP) is 6.34. The molecule has 0 aliphatic heterocycles. The van der Waals surface area contributed by atoms with E-state index in [2.05, 4.69) is 6.92 Å². The van der Waals surface area contributed by atoms with E-state index < -0.39 is 17.8 Å². The first-order chi connectivity index (χ1) is 14.1. The van der Waals surface area contributed by atoms with Crippen molar-refractivity contribution in [2.24, 2.45) is 0 Å². The molecule has 0 aliphatic rings. The first-order valence-corrected chi connectivity index (χ1v) is 10.4. The van der Waals surface area contributed by atoms with Gasteiger partial charge >= 0.3 is 11.9 Å². The van der Waals surface area contributed by atoms with Crippen LogP contribution in [0.15, 0.2) is 48.5 Å². The van der Waals surface area contributed by atoms with E-state index in [1.807, 2.05) is 0 Å². The minimum absolute atomic E-state index is 0.0807. The molecule has 0 amide bonds. The highest BCUT2D eigenvalue weighted by Gasteiger charge is 2.19. The Hall–Kier alpha value is -2.69. The summed E-state index contributed by atoms with van der Waals surface area (Å²) >= 11 is 0. The molecule has 0 heterocycles. The van der Waals surface area contributed by atoms with Gasteiger partial charge in [0.2, 0.25) is 0 Å². The number of hydrogen-bond donors (Lipinski definition) is 0. The molecule has 0 saturated heterocycles. The van der Waals surface area contributed by atoms with Gasteiger partial charge in [-0.25, -0.2) is 14.0 Å². The second-order valence-corrected chi connectivity index (χ2v) is 7.00. The van der Waals surface area contributed by atoms with Gasteiger partial charge in [-0.3, -0.25) is 0 Å². The van der Waals surface area contributed by atoms with Gasteiger partial charge in [0.05, 0.1) is 17.7 Å². The Morgan fingerprint density at radius 3 is 2.07 bits per heavy atom. The van der Waals surface area contributed by atoms with Gasteiger partial charge in [0.25, 0.3) is 0 Å². The maximum atomic E-state index is 13.3. The molecule has 0 N–H and O–H groups in total. The average molecular weight is 400 g/mol. The summed E-state index contributed by atoms with van der Waals surface area (Å²) in [5.74, 6) is -1.71. The highest BCUT2D eigenvalue weighted by atomic mass is 19.1. The minimum Gasteiger partial charge on any atom is -0.462 e. The molecule has 4 nitrogen and oxygen atoms in total. The number of carbonyl (C=O) groups excluding carboxylic acids is 2.